The molecule has 0 aromatic heterocycles. The third kappa shape index (κ3) is 9.63. The van der Waals surface area contributed by atoms with Gasteiger partial charge in [-0.3, -0.25) is 0 Å². The van der Waals surface area contributed by atoms with Crippen LogP contribution >= 0.6 is 20.2 Å². The molecular weight excluding hydrogens is 319 g/mol. The molecule has 0 bridgehead atoms. The van der Waals surface area contributed by atoms with Crippen LogP contribution in [0.5, 0.6) is 5.75 Å². The summed E-state index contributed by atoms with van der Waals surface area (Å²) in [5.41, 5.74) is 1.31. The molecule has 0 aliphatic carbocycles. The van der Waals surface area contributed by atoms with E-state index >= 15 is 0 Å². The number of benzene rings is 1. The predicted molar refractivity (Wildman–Crippen MR) is 94.6 cm³/mol. The second kappa shape index (κ2) is 13.1. The Morgan fingerprint density at radius 2 is 1.64 bits per heavy atom. The molecular formula is C17H28ClO3P. The van der Waals surface area contributed by atoms with Gasteiger partial charge < -0.3 is 13.9 Å². The minimum Gasteiger partial charge on any atom is -0.427 e. The van der Waals surface area contributed by atoms with Crippen LogP contribution in [0, 0.1) is 0 Å². The Hall–Kier alpha value is -0.340. The zero-order valence-electron chi connectivity index (χ0n) is 13.5. The number of halogens is 1. The largest absolute Gasteiger partial charge is 0.427 e. The molecule has 0 aliphatic rings. The van der Waals surface area contributed by atoms with Crippen LogP contribution in [0.1, 0.15) is 57.4 Å². The van der Waals surface area contributed by atoms with E-state index in [1.54, 1.807) is 0 Å². The van der Waals surface area contributed by atoms with Crippen molar-refractivity contribution in [2.45, 2.75) is 58.3 Å². The van der Waals surface area contributed by atoms with Crippen molar-refractivity contribution in [1.82, 2.24) is 0 Å². The lowest BCUT2D eigenvalue weighted by Gasteiger charge is -2.11. The molecule has 0 saturated heterocycles. The van der Waals surface area contributed by atoms with Gasteiger partial charge in [0.1, 0.15) is 5.75 Å². The van der Waals surface area contributed by atoms with E-state index in [0.717, 1.165) is 6.42 Å². The zero-order valence-corrected chi connectivity index (χ0v) is 15.1. The Labute approximate surface area is 141 Å². The lowest BCUT2D eigenvalue weighted by atomic mass is 10.0. The molecule has 0 saturated carbocycles. The summed E-state index contributed by atoms with van der Waals surface area (Å²) in [7, 11) is -1.88. The number of aryl methyl sites for hydroxylation is 1. The number of rotatable bonds is 13. The third-order valence-electron chi connectivity index (χ3n) is 3.45. The van der Waals surface area contributed by atoms with E-state index in [1.165, 1.54) is 50.5 Å². The predicted octanol–water partition coefficient (Wildman–Crippen LogP) is 5.83. The topological polar surface area (TPSA) is 38.7 Å². The molecule has 1 aromatic carbocycles. The summed E-state index contributed by atoms with van der Waals surface area (Å²) in [6.07, 6.45) is 10.4. The standard InChI is InChI=1S/C17H28ClO3P/c1-2-3-4-5-6-7-8-9-16-10-12-17(13-11-16)21-22(19)20-15-14-18/h10-13,19H,2-9,14-15H2,1H3. The average Bonchev–Trinajstić information content (AvgIpc) is 2.53. The van der Waals surface area contributed by atoms with Crippen molar-refractivity contribution in [2.24, 2.45) is 0 Å². The number of hydrogen-bond donors (Lipinski definition) is 1. The quantitative estimate of drug-likeness (QED) is 0.277. The first-order valence-electron chi connectivity index (χ1n) is 8.21. The monoisotopic (exact) mass is 346 g/mol. The van der Waals surface area contributed by atoms with E-state index < -0.39 is 8.60 Å². The maximum Gasteiger partial charge on any atom is 0.394 e. The van der Waals surface area contributed by atoms with Crippen molar-refractivity contribution in [1.29, 1.82) is 0 Å². The van der Waals surface area contributed by atoms with Gasteiger partial charge in [0.25, 0.3) is 0 Å². The highest BCUT2D eigenvalue weighted by molar-refractivity contribution is 7.41. The number of hydrogen-bond acceptors (Lipinski definition) is 3. The summed E-state index contributed by atoms with van der Waals surface area (Å²) in [5.74, 6) is 0.978. The number of unbranched alkanes of at least 4 members (excludes halogenated alkanes) is 6. The van der Waals surface area contributed by atoms with Crippen molar-refractivity contribution >= 4 is 20.2 Å². The first-order chi connectivity index (χ1) is 10.8. The zero-order chi connectivity index (χ0) is 16.0. The molecule has 126 valence electrons. The molecule has 0 amide bonds. The fourth-order valence-electron chi connectivity index (χ4n) is 2.23. The van der Waals surface area contributed by atoms with E-state index in [-0.39, 0.29) is 0 Å². The summed E-state index contributed by atoms with van der Waals surface area (Å²) >= 11 is 5.48. The maximum atomic E-state index is 9.53. The smallest absolute Gasteiger partial charge is 0.394 e. The Kier molecular flexibility index (Phi) is 11.8. The van der Waals surface area contributed by atoms with E-state index in [0.29, 0.717) is 18.2 Å². The highest BCUT2D eigenvalue weighted by Gasteiger charge is 2.08. The van der Waals surface area contributed by atoms with Crippen LogP contribution in [0.2, 0.25) is 0 Å². The summed E-state index contributed by atoms with van der Waals surface area (Å²) in [6.45, 7) is 2.54. The minimum absolute atomic E-state index is 0.292. The van der Waals surface area contributed by atoms with Crippen LogP contribution in [0.15, 0.2) is 24.3 Å². The summed E-state index contributed by atoms with van der Waals surface area (Å²) in [5, 5.41) is 0. The Morgan fingerprint density at radius 1 is 1.00 bits per heavy atom. The third-order valence-corrected chi connectivity index (χ3v) is 4.38. The molecule has 22 heavy (non-hydrogen) atoms. The van der Waals surface area contributed by atoms with Crippen molar-refractivity contribution < 1.29 is 13.9 Å². The van der Waals surface area contributed by atoms with Crippen molar-refractivity contribution in [3.8, 4) is 5.75 Å². The van der Waals surface area contributed by atoms with E-state index in [2.05, 4.69) is 19.1 Å². The Bertz CT molecular complexity index is 373. The summed E-state index contributed by atoms with van der Waals surface area (Å²) in [6, 6.07) is 7.87. The normalized spacial score (nSPS) is 12.3. The highest BCUT2D eigenvalue weighted by atomic mass is 35.5. The van der Waals surface area contributed by atoms with Gasteiger partial charge in [-0.2, -0.15) is 0 Å². The van der Waals surface area contributed by atoms with Gasteiger partial charge in [0.05, 0.1) is 6.61 Å². The van der Waals surface area contributed by atoms with Gasteiger partial charge in [0.15, 0.2) is 0 Å². The van der Waals surface area contributed by atoms with E-state index in [9.17, 15) is 4.89 Å². The van der Waals surface area contributed by atoms with Gasteiger partial charge in [0.2, 0.25) is 0 Å². The highest BCUT2D eigenvalue weighted by Crippen LogP contribution is 2.34. The molecule has 0 fully saturated rings. The van der Waals surface area contributed by atoms with Crippen LogP contribution in [-0.4, -0.2) is 17.4 Å². The average molecular weight is 347 g/mol. The van der Waals surface area contributed by atoms with E-state index in [4.69, 9.17) is 20.6 Å². The molecule has 0 radical (unpaired) electrons. The first kappa shape index (κ1) is 19.7. The summed E-state index contributed by atoms with van der Waals surface area (Å²) < 4.78 is 10.3. The Morgan fingerprint density at radius 3 is 2.27 bits per heavy atom. The molecule has 1 unspecified atom stereocenters. The van der Waals surface area contributed by atoms with Crippen molar-refractivity contribution in [3.05, 3.63) is 29.8 Å². The Balaban J connectivity index is 2.16. The molecule has 1 aromatic rings. The molecule has 1 rings (SSSR count). The first-order valence-corrected chi connectivity index (χ1v) is 9.87. The molecule has 1 atom stereocenters. The molecule has 0 aliphatic heterocycles. The SMILES string of the molecule is CCCCCCCCCc1ccc(OP(O)OCCCl)cc1. The van der Waals surface area contributed by atoms with E-state index in [1.807, 2.05) is 12.1 Å². The molecule has 1 N–H and O–H groups in total. The lowest BCUT2D eigenvalue weighted by molar-refractivity contribution is 0.276. The van der Waals surface area contributed by atoms with Crippen molar-refractivity contribution in [2.75, 3.05) is 12.5 Å². The van der Waals surface area contributed by atoms with Crippen LogP contribution in [-0.2, 0) is 10.9 Å². The van der Waals surface area contributed by atoms with Gasteiger partial charge in [-0.05, 0) is 30.5 Å². The van der Waals surface area contributed by atoms with Crippen molar-refractivity contribution in [3.63, 3.8) is 0 Å². The second-order valence-corrected chi connectivity index (χ2v) is 6.66. The second-order valence-electron chi connectivity index (χ2n) is 5.37. The molecule has 5 heteroatoms. The molecule has 3 nitrogen and oxygen atoms in total. The van der Waals surface area contributed by atoms with Gasteiger partial charge in [-0.15, -0.1) is 11.6 Å². The minimum atomic E-state index is -1.88. The maximum absolute atomic E-state index is 9.53. The molecule has 0 heterocycles. The van der Waals surface area contributed by atoms with Crippen LogP contribution in [0.4, 0.5) is 0 Å². The summed E-state index contributed by atoms with van der Waals surface area (Å²) in [4.78, 5) is 9.53. The van der Waals surface area contributed by atoms with Crippen LogP contribution < -0.4 is 4.52 Å². The van der Waals surface area contributed by atoms with Gasteiger partial charge >= 0.3 is 8.60 Å². The van der Waals surface area contributed by atoms with Crippen LogP contribution in [0.3, 0.4) is 0 Å². The van der Waals surface area contributed by atoms with Gasteiger partial charge in [-0.25, -0.2) is 0 Å². The fraction of sp³-hybridized carbons (Fsp3) is 0.647. The van der Waals surface area contributed by atoms with Gasteiger partial charge in [0, 0.05) is 5.88 Å². The fourth-order valence-corrected chi connectivity index (χ4v) is 3.02. The molecule has 0 spiro atoms. The van der Waals surface area contributed by atoms with Crippen LogP contribution in [0.25, 0.3) is 0 Å². The van der Waals surface area contributed by atoms with Gasteiger partial charge in [-0.1, -0.05) is 57.6 Å². The number of alkyl halides is 1. The lowest BCUT2D eigenvalue weighted by Crippen LogP contribution is -1.95.